The zero-order valence-electron chi connectivity index (χ0n) is 9.64. The van der Waals surface area contributed by atoms with Crippen LogP contribution in [0, 0.1) is 23.7 Å². The third-order valence-electron chi connectivity index (χ3n) is 3.14. The van der Waals surface area contributed by atoms with E-state index in [-0.39, 0.29) is 5.41 Å². The molecular weight excluding hydrogens is 172 g/mol. The Balaban J connectivity index is 2.70. The van der Waals surface area contributed by atoms with Gasteiger partial charge in [0.25, 0.3) is 0 Å². The Kier molecular flexibility index (Phi) is 3.27. The molecule has 0 heterocycles. The van der Waals surface area contributed by atoms with Crippen molar-refractivity contribution in [3.8, 4) is 12.3 Å². The molecule has 80 valence electrons. The summed E-state index contributed by atoms with van der Waals surface area (Å²) in [5, 5.41) is 10.3. The highest BCUT2D eigenvalue weighted by Gasteiger charge is 2.38. The van der Waals surface area contributed by atoms with E-state index >= 15 is 0 Å². The summed E-state index contributed by atoms with van der Waals surface area (Å²) in [5.41, 5.74) is -0.571. The number of hydrogen-bond acceptors (Lipinski definition) is 1. The van der Waals surface area contributed by atoms with E-state index in [0.29, 0.717) is 5.92 Å². The molecule has 0 aromatic carbocycles. The molecule has 0 amide bonds. The first kappa shape index (κ1) is 11.6. The maximum Gasteiger partial charge on any atom is 0.128 e. The first-order valence-corrected chi connectivity index (χ1v) is 5.57. The fourth-order valence-corrected chi connectivity index (χ4v) is 2.43. The van der Waals surface area contributed by atoms with E-state index in [9.17, 15) is 5.11 Å². The van der Waals surface area contributed by atoms with Crippen molar-refractivity contribution >= 4 is 0 Å². The van der Waals surface area contributed by atoms with Crippen LogP contribution in [0.2, 0.25) is 0 Å². The highest BCUT2D eigenvalue weighted by Crippen LogP contribution is 2.40. The molecule has 1 aliphatic rings. The SMILES string of the molecule is C#C[C@@]1(O)CCCCC1CC(C)(C)C. The summed E-state index contributed by atoms with van der Waals surface area (Å²) >= 11 is 0. The van der Waals surface area contributed by atoms with E-state index in [1.54, 1.807) is 0 Å². The predicted molar refractivity (Wildman–Crippen MR) is 59.8 cm³/mol. The smallest absolute Gasteiger partial charge is 0.128 e. The van der Waals surface area contributed by atoms with E-state index in [2.05, 4.69) is 26.7 Å². The van der Waals surface area contributed by atoms with Crippen LogP contribution in [0.15, 0.2) is 0 Å². The van der Waals surface area contributed by atoms with Gasteiger partial charge in [-0.1, -0.05) is 33.1 Å². The van der Waals surface area contributed by atoms with Crippen LogP contribution < -0.4 is 0 Å². The van der Waals surface area contributed by atoms with Crippen molar-refractivity contribution in [2.24, 2.45) is 11.3 Å². The van der Waals surface area contributed by atoms with Gasteiger partial charge in [0.05, 0.1) is 0 Å². The van der Waals surface area contributed by atoms with Crippen molar-refractivity contribution in [2.45, 2.75) is 58.5 Å². The molecule has 2 atom stereocenters. The van der Waals surface area contributed by atoms with Gasteiger partial charge in [-0.15, -0.1) is 6.42 Å². The van der Waals surface area contributed by atoms with E-state index in [1.165, 1.54) is 6.42 Å². The average Bonchev–Trinajstić information content (AvgIpc) is 2.07. The molecule has 0 aliphatic heterocycles. The minimum atomic E-state index is -0.828. The van der Waals surface area contributed by atoms with Gasteiger partial charge in [0, 0.05) is 0 Å². The second-order valence-corrected chi connectivity index (χ2v) is 5.78. The van der Waals surface area contributed by atoms with Gasteiger partial charge < -0.3 is 5.11 Å². The maximum atomic E-state index is 10.3. The number of rotatable bonds is 1. The van der Waals surface area contributed by atoms with E-state index in [4.69, 9.17) is 6.42 Å². The fourth-order valence-electron chi connectivity index (χ4n) is 2.43. The van der Waals surface area contributed by atoms with Crippen LogP contribution >= 0.6 is 0 Å². The molecule has 0 aromatic rings. The lowest BCUT2D eigenvalue weighted by Gasteiger charge is -2.39. The van der Waals surface area contributed by atoms with Crippen LogP contribution in [-0.4, -0.2) is 10.7 Å². The first-order valence-electron chi connectivity index (χ1n) is 5.57. The third-order valence-corrected chi connectivity index (χ3v) is 3.14. The average molecular weight is 194 g/mol. The molecular formula is C13H22O. The maximum absolute atomic E-state index is 10.3. The van der Waals surface area contributed by atoms with Gasteiger partial charge in [0.2, 0.25) is 0 Å². The lowest BCUT2D eigenvalue weighted by atomic mass is 9.69. The number of aliphatic hydroxyl groups is 1. The summed E-state index contributed by atoms with van der Waals surface area (Å²) in [6, 6.07) is 0. The fraction of sp³-hybridized carbons (Fsp3) is 0.846. The van der Waals surface area contributed by atoms with Gasteiger partial charge in [-0.25, -0.2) is 0 Å². The number of terminal acetylenes is 1. The lowest BCUT2D eigenvalue weighted by molar-refractivity contribution is -0.0128. The summed E-state index contributed by atoms with van der Waals surface area (Å²) in [6.07, 6.45) is 10.6. The predicted octanol–water partition coefficient (Wildman–Crippen LogP) is 2.98. The molecule has 14 heavy (non-hydrogen) atoms. The summed E-state index contributed by atoms with van der Waals surface area (Å²) in [6.45, 7) is 6.62. The first-order chi connectivity index (χ1) is 6.37. The van der Waals surface area contributed by atoms with Gasteiger partial charge in [-0.3, -0.25) is 0 Å². The molecule has 0 radical (unpaired) electrons. The van der Waals surface area contributed by atoms with Crippen LogP contribution in [0.5, 0.6) is 0 Å². The molecule has 0 spiro atoms. The van der Waals surface area contributed by atoms with E-state index in [0.717, 1.165) is 25.7 Å². The van der Waals surface area contributed by atoms with Gasteiger partial charge in [-0.05, 0) is 37.0 Å². The molecule has 1 nitrogen and oxygen atoms in total. The van der Waals surface area contributed by atoms with Crippen LogP contribution in [-0.2, 0) is 0 Å². The zero-order valence-corrected chi connectivity index (χ0v) is 9.64. The second-order valence-electron chi connectivity index (χ2n) is 5.78. The standard InChI is InChI=1S/C13H22O/c1-5-13(14)9-7-6-8-11(13)10-12(2,3)4/h1,11,14H,6-10H2,2-4H3/t11?,13-/m1/s1. The van der Waals surface area contributed by atoms with Crippen molar-refractivity contribution in [1.29, 1.82) is 0 Å². The highest BCUT2D eigenvalue weighted by atomic mass is 16.3. The Morgan fingerprint density at radius 1 is 1.43 bits per heavy atom. The molecule has 1 unspecified atom stereocenters. The minimum absolute atomic E-state index is 0.257. The molecule has 0 saturated heterocycles. The van der Waals surface area contributed by atoms with Crippen molar-refractivity contribution in [2.75, 3.05) is 0 Å². The third kappa shape index (κ3) is 2.75. The summed E-state index contributed by atoms with van der Waals surface area (Å²) in [5.74, 6) is 2.90. The monoisotopic (exact) mass is 194 g/mol. The van der Waals surface area contributed by atoms with Crippen LogP contribution in [0.3, 0.4) is 0 Å². The van der Waals surface area contributed by atoms with E-state index < -0.39 is 5.60 Å². The van der Waals surface area contributed by atoms with Crippen LogP contribution in [0.1, 0.15) is 52.9 Å². The molecule has 1 heteroatoms. The van der Waals surface area contributed by atoms with Gasteiger partial charge in [-0.2, -0.15) is 0 Å². The van der Waals surface area contributed by atoms with Crippen molar-refractivity contribution in [3.63, 3.8) is 0 Å². The summed E-state index contributed by atoms with van der Waals surface area (Å²) in [4.78, 5) is 0. The lowest BCUT2D eigenvalue weighted by Crippen LogP contribution is -2.40. The van der Waals surface area contributed by atoms with Crippen molar-refractivity contribution in [3.05, 3.63) is 0 Å². The van der Waals surface area contributed by atoms with Crippen LogP contribution in [0.4, 0.5) is 0 Å². The van der Waals surface area contributed by atoms with Crippen molar-refractivity contribution < 1.29 is 5.11 Å². The molecule has 1 rings (SSSR count). The summed E-state index contributed by atoms with van der Waals surface area (Å²) in [7, 11) is 0. The molecule has 1 fully saturated rings. The molecule has 1 N–H and O–H groups in total. The Morgan fingerprint density at radius 3 is 2.57 bits per heavy atom. The Morgan fingerprint density at radius 2 is 2.07 bits per heavy atom. The zero-order chi connectivity index (χ0) is 10.8. The Labute approximate surface area is 87.9 Å². The van der Waals surface area contributed by atoms with Gasteiger partial charge in [0.15, 0.2) is 0 Å². The molecule has 0 bridgehead atoms. The van der Waals surface area contributed by atoms with Crippen molar-refractivity contribution in [1.82, 2.24) is 0 Å². The molecule has 0 aromatic heterocycles. The van der Waals surface area contributed by atoms with Crippen LogP contribution in [0.25, 0.3) is 0 Å². The van der Waals surface area contributed by atoms with Gasteiger partial charge >= 0.3 is 0 Å². The quantitative estimate of drug-likeness (QED) is 0.636. The highest BCUT2D eigenvalue weighted by molar-refractivity contribution is 5.12. The normalized spacial score (nSPS) is 33.8. The Hall–Kier alpha value is -0.480. The topological polar surface area (TPSA) is 20.2 Å². The minimum Gasteiger partial charge on any atom is -0.377 e. The largest absolute Gasteiger partial charge is 0.377 e. The second kappa shape index (κ2) is 3.95. The van der Waals surface area contributed by atoms with E-state index in [1.807, 2.05) is 0 Å². The molecule has 1 saturated carbocycles. The Bertz CT molecular complexity index is 231. The number of hydrogen-bond donors (Lipinski definition) is 1. The summed E-state index contributed by atoms with van der Waals surface area (Å²) < 4.78 is 0. The van der Waals surface area contributed by atoms with Gasteiger partial charge in [0.1, 0.15) is 5.60 Å². The molecule has 1 aliphatic carbocycles.